The van der Waals surface area contributed by atoms with E-state index in [-0.39, 0.29) is 5.91 Å². The Hall–Kier alpha value is -2.15. The number of likely N-dealkylation sites (tertiary alicyclic amines) is 1. The fourth-order valence-electron chi connectivity index (χ4n) is 3.75. The average Bonchev–Trinajstić information content (AvgIpc) is 2.99. The smallest absolute Gasteiger partial charge is 0.233 e. The zero-order valence-corrected chi connectivity index (χ0v) is 16.0. The van der Waals surface area contributed by atoms with E-state index in [1.165, 1.54) is 18.2 Å². The van der Waals surface area contributed by atoms with Crippen LogP contribution in [-0.2, 0) is 11.3 Å². The summed E-state index contributed by atoms with van der Waals surface area (Å²) in [5.41, 5.74) is 2.78. The molecule has 1 amide bonds. The van der Waals surface area contributed by atoms with Crippen LogP contribution in [0.1, 0.15) is 33.1 Å². The van der Waals surface area contributed by atoms with Crippen molar-refractivity contribution < 1.29 is 4.79 Å². The molecular formula is C19H23N5OS. The largest absolute Gasteiger partial charge is 0.339 e. The molecule has 3 heterocycles. The summed E-state index contributed by atoms with van der Waals surface area (Å²) >= 11 is 1.38. The number of carbonyl (C=O) groups excluding carboxylic acids is 1. The van der Waals surface area contributed by atoms with E-state index in [1.54, 1.807) is 0 Å². The third kappa shape index (κ3) is 3.05. The lowest BCUT2D eigenvalue weighted by atomic mass is 10.0. The topological polar surface area (TPSA) is 63.9 Å². The third-order valence-electron chi connectivity index (χ3n) is 5.12. The second-order valence-corrected chi connectivity index (χ2v) is 7.69. The lowest BCUT2D eigenvalue weighted by molar-refractivity contribution is -0.131. The number of thioether (sulfide) groups is 1. The first-order valence-electron chi connectivity index (χ1n) is 9.23. The quantitative estimate of drug-likeness (QED) is 0.659. The second kappa shape index (κ2) is 7.23. The van der Waals surface area contributed by atoms with Crippen LogP contribution >= 0.6 is 11.8 Å². The van der Waals surface area contributed by atoms with Crippen molar-refractivity contribution in [1.29, 1.82) is 0 Å². The van der Waals surface area contributed by atoms with Crippen molar-refractivity contribution in [3.63, 3.8) is 0 Å². The minimum absolute atomic E-state index is 0.168. The maximum absolute atomic E-state index is 12.5. The Morgan fingerprint density at radius 3 is 2.92 bits per heavy atom. The molecule has 0 spiro atoms. The van der Waals surface area contributed by atoms with Crippen LogP contribution in [0, 0.1) is 0 Å². The minimum atomic E-state index is 0.168. The standard InChI is InChI=1S/C19H23N5OS/c1-3-23-15-10-5-4-9-14(15)17-18(23)20-19(22-21-17)26-12-16(25)24-11-7-6-8-13(24)2/h4-5,9-10,13H,3,6-8,11-12H2,1-2H3. The van der Waals surface area contributed by atoms with E-state index < -0.39 is 0 Å². The van der Waals surface area contributed by atoms with Gasteiger partial charge in [0.1, 0.15) is 5.52 Å². The number of hydrogen-bond donors (Lipinski definition) is 0. The van der Waals surface area contributed by atoms with Crippen LogP contribution in [0.2, 0.25) is 0 Å². The van der Waals surface area contributed by atoms with Gasteiger partial charge in [0.05, 0.1) is 11.3 Å². The van der Waals surface area contributed by atoms with Crippen molar-refractivity contribution in [2.75, 3.05) is 12.3 Å². The molecule has 0 saturated carbocycles. The van der Waals surface area contributed by atoms with Gasteiger partial charge in [-0.3, -0.25) is 4.79 Å². The molecule has 7 heteroatoms. The van der Waals surface area contributed by atoms with Crippen LogP contribution in [0.5, 0.6) is 0 Å². The Kier molecular flexibility index (Phi) is 4.80. The van der Waals surface area contributed by atoms with Gasteiger partial charge in [0.25, 0.3) is 0 Å². The summed E-state index contributed by atoms with van der Waals surface area (Å²) in [4.78, 5) is 19.2. The summed E-state index contributed by atoms with van der Waals surface area (Å²) in [6.45, 7) is 5.91. The summed E-state index contributed by atoms with van der Waals surface area (Å²) < 4.78 is 2.15. The average molecular weight is 369 g/mol. The fourth-order valence-corrected chi connectivity index (χ4v) is 4.42. The molecule has 4 rings (SSSR count). The predicted octanol–water partition coefficient (Wildman–Crippen LogP) is 3.49. The van der Waals surface area contributed by atoms with E-state index in [2.05, 4.69) is 34.7 Å². The molecule has 1 aliphatic heterocycles. The van der Waals surface area contributed by atoms with Gasteiger partial charge in [-0.2, -0.15) is 0 Å². The Labute approximate surface area is 157 Å². The maximum atomic E-state index is 12.5. The maximum Gasteiger partial charge on any atom is 0.233 e. The zero-order chi connectivity index (χ0) is 18.1. The molecule has 1 saturated heterocycles. The highest BCUT2D eigenvalue weighted by molar-refractivity contribution is 7.99. The molecule has 3 aromatic rings. The van der Waals surface area contributed by atoms with E-state index in [0.29, 0.717) is 17.0 Å². The van der Waals surface area contributed by atoms with Crippen molar-refractivity contribution in [2.24, 2.45) is 0 Å². The number of benzene rings is 1. The number of hydrogen-bond acceptors (Lipinski definition) is 5. The van der Waals surface area contributed by atoms with Gasteiger partial charge in [0, 0.05) is 24.5 Å². The van der Waals surface area contributed by atoms with Gasteiger partial charge in [-0.15, -0.1) is 10.2 Å². The molecule has 1 aliphatic rings. The molecule has 1 fully saturated rings. The van der Waals surface area contributed by atoms with Crippen molar-refractivity contribution >= 4 is 39.7 Å². The monoisotopic (exact) mass is 369 g/mol. The van der Waals surface area contributed by atoms with Crippen LogP contribution in [0.4, 0.5) is 0 Å². The minimum Gasteiger partial charge on any atom is -0.339 e. The SMILES string of the molecule is CCn1c2ccccc2c2nnc(SCC(=O)N3CCCCC3C)nc21. The second-order valence-electron chi connectivity index (χ2n) is 6.75. The van der Waals surface area contributed by atoms with Gasteiger partial charge in [0.2, 0.25) is 11.1 Å². The molecule has 0 N–H and O–H groups in total. The van der Waals surface area contributed by atoms with Crippen LogP contribution in [-0.4, -0.2) is 48.9 Å². The van der Waals surface area contributed by atoms with Crippen LogP contribution < -0.4 is 0 Å². The highest BCUT2D eigenvalue weighted by Crippen LogP contribution is 2.27. The summed E-state index contributed by atoms with van der Waals surface area (Å²) in [6, 6.07) is 8.49. The number of amides is 1. The summed E-state index contributed by atoms with van der Waals surface area (Å²) in [7, 11) is 0. The number of rotatable bonds is 4. The van der Waals surface area contributed by atoms with E-state index in [9.17, 15) is 4.79 Å². The van der Waals surface area contributed by atoms with E-state index in [0.717, 1.165) is 48.0 Å². The fraction of sp³-hybridized carbons (Fsp3) is 0.474. The van der Waals surface area contributed by atoms with Gasteiger partial charge in [0.15, 0.2) is 5.65 Å². The van der Waals surface area contributed by atoms with E-state index in [1.807, 2.05) is 23.1 Å². The van der Waals surface area contributed by atoms with Crippen LogP contribution in [0.25, 0.3) is 22.1 Å². The Morgan fingerprint density at radius 1 is 1.27 bits per heavy atom. The number of fused-ring (bicyclic) bond motifs is 3. The number of aryl methyl sites for hydroxylation is 1. The van der Waals surface area contributed by atoms with Crippen molar-refractivity contribution in [3.8, 4) is 0 Å². The van der Waals surface area contributed by atoms with Crippen LogP contribution in [0.3, 0.4) is 0 Å². The summed E-state index contributed by atoms with van der Waals surface area (Å²) in [5.74, 6) is 0.533. The Balaban J connectivity index is 1.57. The highest BCUT2D eigenvalue weighted by atomic mass is 32.2. The molecule has 136 valence electrons. The number of piperidine rings is 1. The first-order chi connectivity index (χ1) is 12.7. The van der Waals surface area contributed by atoms with Gasteiger partial charge < -0.3 is 9.47 Å². The molecule has 1 atom stereocenters. The zero-order valence-electron chi connectivity index (χ0n) is 15.2. The molecule has 0 radical (unpaired) electrons. The van der Waals surface area contributed by atoms with Gasteiger partial charge in [-0.1, -0.05) is 30.0 Å². The molecule has 2 aromatic heterocycles. The van der Waals surface area contributed by atoms with Crippen molar-refractivity contribution in [3.05, 3.63) is 24.3 Å². The Bertz CT molecular complexity index is 954. The van der Waals surface area contributed by atoms with Crippen LogP contribution in [0.15, 0.2) is 29.4 Å². The third-order valence-corrected chi connectivity index (χ3v) is 5.94. The lowest BCUT2D eigenvalue weighted by Gasteiger charge is -2.33. The molecule has 1 aromatic carbocycles. The highest BCUT2D eigenvalue weighted by Gasteiger charge is 2.23. The van der Waals surface area contributed by atoms with E-state index in [4.69, 9.17) is 4.98 Å². The summed E-state index contributed by atoms with van der Waals surface area (Å²) in [6.07, 6.45) is 3.40. The van der Waals surface area contributed by atoms with E-state index >= 15 is 0 Å². The normalized spacial score (nSPS) is 17.9. The van der Waals surface area contributed by atoms with Crippen molar-refractivity contribution in [2.45, 2.75) is 50.9 Å². The number of carbonyl (C=O) groups is 1. The first kappa shape index (κ1) is 17.3. The number of para-hydroxylation sites is 1. The molecule has 1 unspecified atom stereocenters. The molecule has 26 heavy (non-hydrogen) atoms. The number of aromatic nitrogens is 4. The van der Waals surface area contributed by atoms with Gasteiger partial charge >= 0.3 is 0 Å². The predicted molar refractivity (Wildman–Crippen MR) is 104 cm³/mol. The number of nitrogens with zero attached hydrogens (tertiary/aromatic N) is 5. The van der Waals surface area contributed by atoms with Crippen molar-refractivity contribution in [1.82, 2.24) is 24.6 Å². The molecule has 6 nitrogen and oxygen atoms in total. The molecular weight excluding hydrogens is 346 g/mol. The van der Waals surface area contributed by atoms with Gasteiger partial charge in [-0.25, -0.2) is 4.98 Å². The molecule has 0 aliphatic carbocycles. The molecule has 0 bridgehead atoms. The Morgan fingerprint density at radius 2 is 2.12 bits per heavy atom. The summed E-state index contributed by atoms with van der Waals surface area (Å²) in [5, 5.41) is 10.3. The first-order valence-corrected chi connectivity index (χ1v) is 10.2. The van der Waals surface area contributed by atoms with Gasteiger partial charge in [-0.05, 0) is 39.2 Å². The lowest BCUT2D eigenvalue weighted by Crippen LogP contribution is -2.42.